The second kappa shape index (κ2) is 21.3. The highest BCUT2D eigenvalue weighted by molar-refractivity contribution is 7.25. The number of anilines is 6. The largest absolute Gasteiger partial charge is 0.469 e. The molecule has 8 aromatic carbocycles. The number of esters is 2. The van der Waals surface area contributed by atoms with E-state index in [1.165, 1.54) is 66.4 Å². The van der Waals surface area contributed by atoms with Crippen LogP contribution in [-0.4, -0.2) is 26.2 Å². The molecule has 358 valence electrons. The van der Waals surface area contributed by atoms with Gasteiger partial charge >= 0.3 is 11.9 Å². The number of aryl methyl sites for hydroxylation is 2. The summed E-state index contributed by atoms with van der Waals surface area (Å²) >= 11 is 5.31. The van der Waals surface area contributed by atoms with Gasteiger partial charge in [-0.15, -0.1) is 34.0 Å². The van der Waals surface area contributed by atoms with Gasteiger partial charge in [0.1, 0.15) is 0 Å². The van der Waals surface area contributed by atoms with Crippen molar-refractivity contribution in [1.82, 2.24) is 0 Å². The minimum Gasteiger partial charge on any atom is -0.469 e. The molecule has 0 saturated heterocycles. The molecule has 0 amide bonds. The van der Waals surface area contributed by atoms with Crippen LogP contribution in [0, 0.1) is 0 Å². The molecule has 11 rings (SSSR count). The third-order valence-corrected chi connectivity index (χ3v) is 16.3. The Morgan fingerprint density at radius 1 is 0.384 bits per heavy atom. The summed E-state index contributed by atoms with van der Waals surface area (Å²) in [6, 6.07) is 74.2. The van der Waals surface area contributed by atoms with Gasteiger partial charge in [0.25, 0.3) is 0 Å². The summed E-state index contributed by atoms with van der Waals surface area (Å²) in [5.41, 5.74) is 15.5. The predicted molar refractivity (Wildman–Crippen MR) is 307 cm³/mol. The normalized spacial score (nSPS) is 11.2. The Morgan fingerprint density at radius 3 is 1.01 bits per heavy atom. The zero-order chi connectivity index (χ0) is 49.7. The monoisotopic (exact) mass is 1010 g/mol. The lowest BCUT2D eigenvalue weighted by Gasteiger charge is -2.26. The van der Waals surface area contributed by atoms with E-state index in [0.29, 0.717) is 25.7 Å². The fourth-order valence-corrected chi connectivity index (χ4v) is 12.0. The molecule has 0 N–H and O–H groups in total. The average Bonchev–Trinajstić information content (AvgIpc) is 4.27. The van der Waals surface area contributed by atoms with Gasteiger partial charge in [-0.3, -0.25) is 9.59 Å². The van der Waals surface area contributed by atoms with Crippen molar-refractivity contribution in [2.24, 2.45) is 0 Å². The molecule has 0 radical (unpaired) electrons. The highest BCUT2D eigenvalue weighted by Crippen LogP contribution is 2.42. The molecule has 0 bridgehead atoms. The van der Waals surface area contributed by atoms with E-state index < -0.39 is 0 Å². The first-order valence-corrected chi connectivity index (χ1v) is 26.8. The maximum Gasteiger partial charge on any atom is 0.305 e. The first-order chi connectivity index (χ1) is 35.9. The number of methoxy groups -OCH3 is 2. The van der Waals surface area contributed by atoms with Gasteiger partial charge in [0.15, 0.2) is 0 Å². The minimum atomic E-state index is -0.206. The molecular weight excluding hydrogens is 957 g/mol. The summed E-state index contributed by atoms with van der Waals surface area (Å²) in [5, 5.41) is 6.73. The van der Waals surface area contributed by atoms with Crippen LogP contribution >= 0.6 is 34.0 Å². The van der Waals surface area contributed by atoms with Gasteiger partial charge in [0.2, 0.25) is 0 Å². The predicted octanol–water partition coefficient (Wildman–Crippen LogP) is 18.0. The SMILES string of the molecule is COC(=O)CCc1ccc(N(c2ccc(-c3ccc4c(c3)sc3cc(-c5ccc(N(c6ccc(CCC(=O)OC)cc6)c6ccc(-c7cccs7)cc6)cc5)ccc34)cc2)c2ccc(-c3cccs3)cc2)cc1. The molecule has 0 aliphatic carbocycles. The van der Waals surface area contributed by atoms with Crippen molar-refractivity contribution in [2.75, 3.05) is 24.0 Å². The molecule has 9 heteroatoms. The Labute approximate surface area is 437 Å². The van der Waals surface area contributed by atoms with Gasteiger partial charge in [0.05, 0.1) is 14.2 Å². The Kier molecular flexibility index (Phi) is 13.8. The summed E-state index contributed by atoms with van der Waals surface area (Å²) in [6.07, 6.45) is 1.96. The smallest absolute Gasteiger partial charge is 0.305 e. The summed E-state index contributed by atoms with van der Waals surface area (Å²) in [7, 11) is 2.86. The van der Waals surface area contributed by atoms with E-state index in [4.69, 9.17) is 9.47 Å². The standard InChI is InChI=1S/C64H50N2O4S3/c1-69-63(67)37-11-43-7-23-51(24-8-43)65(55-31-17-47(18-32-55)59-5-3-39-71-59)53-27-13-45(14-28-53)49-21-35-57-58-36-22-50(42-62(58)73-61(57)41-49)46-15-29-54(30-16-46)66(52-25-9-44(10-26-52)12-38-64(68)70-2)56-33-19-48(20-34-56)60-6-4-40-72-60/h3-10,13-36,39-42H,11-12,37-38H2,1-2H3. The van der Waals surface area contributed by atoms with E-state index in [1.54, 1.807) is 22.7 Å². The molecule has 0 fully saturated rings. The van der Waals surface area contributed by atoms with Crippen molar-refractivity contribution in [2.45, 2.75) is 25.7 Å². The Morgan fingerprint density at radius 2 is 0.699 bits per heavy atom. The molecular formula is C64H50N2O4S3. The highest BCUT2D eigenvalue weighted by atomic mass is 32.1. The van der Waals surface area contributed by atoms with Crippen LogP contribution in [0.5, 0.6) is 0 Å². The van der Waals surface area contributed by atoms with E-state index in [0.717, 1.165) is 56.4 Å². The highest BCUT2D eigenvalue weighted by Gasteiger charge is 2.17. The number of fused-ring (bicyclic) bond motifs is 3. The fourth-order valence-electron chi connectivity index (χ4n) is 9.39. The van der Waals surface area contributed by atoms with Crippen LogP contribution in [0.4, 0.5) is 34.1 Å². The number of carbonyl (C=O) groups is 2. The van der Waals surface area contributed by atoms with E-state index in [1.807, 2.05) is 11.3 Å². The van der Waals surface area contributed by atoms with Crippen LogP contribution in [0.1, 0.15) is 24.0 Å². The van der Waals surface area contributed by atoms with Gasteiger partial charge in [-0.05, 0) is 165 Å². The third kappa shape index (κ3) is 10.3. The molecule has 3 aromatic heterocycles. The lowest BCUT2D eigenvalue weighted by Crippen LogP contribution is -2.10. The minimum absolute atomic E-state index is 0.206. The number of hydrogen-bond acceptors (Lipinski definition) is 9. The second-order valence-corrected chi connectivity index (χ2v) is 20.8. The van der Waals surface area contributed by atoms with Crippen molar-refractivity contribution in [3.63, 3.8) is 0 Å². The van der Waals surface area contributed by atoms with Gasteiger partial charge in [-0.1, -0.05) is 109 Å². The molecule has 11 aromatic rings. The summed E-state index contributed by atoms with van der Waals surface area (Å²) in [4.78, 5) is 30.7. The third-order valence-electron chi connectivity index (χ3n) is 13.3. The second-order valence-electron chi connectivity index (χ2n) is 17.8. The van der Waals surface area contributed by atoms with Crippen LogP contribution in [0.25, 0.3) is 63.3 Å². The van der Waals surface area contributed by atoms with Gasteiger partial charge in [-0.2, -0.15) is 0 Å². The first kappa shape index (κ1) is 47.3. The van der Waals surface area contributed by atoms with Gasteiger partial charge in [-0.25, -0.2) is 0 Å². The van der Waals surface area contributed by atoms with Gasteiger partial charge in [0, 0.05) is 76.9 Å². The van der Waals surface area contributed by atoms with Crippen LogP contribution < -0.4 is 9.80 Å². The first-order valence-electron chi connectivity index (χ1n) is 24.2. The Balaban J connectivity index is 0.850. The van der Waals surface area contributed by atoms with E-state index in [9.17, 15) is 9.59 Å². The van der Waals surface area contributed by atoms with Crippen molar-refractivity contribution in [3.8, 4) is 43.1 Å². The van der Waals surface area contributed by atoms with E-state index >= 15 is 0 Å². The Bertz CT molecular complexity index is 3400. The van der Waals surface area contributed by atoms with Crippen LogP contribution in [-0.2, 0) is 31.9 Å². The number of rotatable bonds is 16. The van der Waals surface area contributed by atoms with Crippen molar-refractivity contribution >= 4 is 100 Å². The van der Waals surface area contributed by atoms with Crippen molar-refractivity contribution in [3.05, 3.63) is 228 Å². The molecule has 6 nitrogen and oxygen atoms in total. The molecule has 0 atom stereocenters. The number of hydrogen-bond donors (Lipinski definition) is 0. The van der Waals surface area contributed by atoms with Crippen molar-refractivity contribution < 1.29 is 19.1 Å². The van der Waals surface area contributed by atoms with E-state index in [-0.39, 0.29) is 11.9 Å². The topological polar surface area (TPSA) is 59.1 Å². The molecule has 3 heterocycles. The number of nitrogens with zero attached hydrogens (tertiary/aromatic N) is 2. The fraction of sp³-hybridized carbons (Fsp3) is 0.0938. The summed E-state index contributed by atoms with van der Waals surface area (Å²) in [5.74, 6) is -0.412. The van der Waals surface area contributed by atoms with Crippen LogP contribution in [0.2, 0.25) is 0 Å². The number of ether oxygens (including phenoxy) is 2. The van der Waals surface area contributed by atoms with Crippen LogP contribution in [0.3, 0.4) is 0 Å². The molecule has 73 heavy (non-hydrogen) atoms. The molecule has 0 saturated carbocycles. The summed E-state index contributed by atoms with van der Waals surface area (Å²) in [6.45, 7) is 0. The number of benzene rings is 8. The van der Waals surface area contributed by atoms with Crippen molar-refractivity contribution in [1.29, 1.82) is 0 Å². The molecule has 0 spiro atoms. The number of carbonyl (C=O) groups excluding carboxylic acids is 2. The number of thiophene rings is 3. The lowest BCUT2D eigenvalue weighted by molar-refractivity contribution is -0.141. The maximum absolute atomic E-state index is 11.9. The van der Waals surface area contributed by atoms with Gasteiger partial charge < -0.3 is 19.3 Å². The maximum atomic E-state index is 11.9. The lowest BCUT2D eigenvalue weighted by atomic mass is 10.0. The average molecular weight is 1010 g/mol. The Hall–Kier alpha value is -8.08. The van der Waals surface area contributed by atoms with E-state index in [2.05, 4.69) is 227 Å². The molecule has 0 unspecified atom stereocenters. The summed E-state index contributed by atoms with van der Waals surface area (Å²) < 4.78 is 12.3. The zero-order valence-electron chi connectivity index (χ0n) is 40.4. The van der Waals surface area contributed by atoms with Crippen LogP contribution in [0.15, 0.2) is 217 Å². The molecule has 0 aliphatic heterocycles. The quantitative estimate of drug-likeness (QED) is 0.0899. The zero-order valence-corrected chi connectivity index (χ0v) is 42.8. The molecule has 0 aliphatic rings.